The van der Waals surface area contributed by atoms with Gasteiger partial charge in [-0.15, -0.1) is 0 Å². The van der Waals surface area contributed by atoms with Gasteiger partial charge >= 0.3 is 0 Å². The van der Waals surface area contributed by atoms with Crippen molar-refractivity contribution in [3.63, 3.8) is 0 Å². The predicted octanol–water partition coefficient (Wildman–Crippen LogP) is 1.43. The minimum absolute atomic E-state index is 0.508. The van der Waals surface area contributed by atoms with E-state index in [1.165, 1.54) is 0 Å². The molecular formula is C9H9BrNO. The maximum absolute atomic E-state index is 10.1. The zero-order valence-electron chi connectivity index (χ0n) is 6.46. The monoisotopic (exact) mass is 226 g/mol. The highest BCUT2D eigenvalue weighted by molar-refractivity contribution is 9.10. The fourth-order valence-electron chi connectivity index (χ4n) is 0.916. The first-order valence-corrected chi connectivity index (χ1v) is 4.39. The van der Waals surface area contributed by atoms with Crippen molar-refractivity contribution in [3.8, 4) is 0 Å². The van der Waals surface area contributed by atoms with Gasteiger partial charge in [0.1, 0.15) is 0 Å². The van der Waals surface area contributed by atoms with Gasteiger partial charge in [0.2, 0.25) is 6.29 Å². The Morgan fingerprint density at radius 1 is 1.42 bits per heavy atom. The number of nitrogens with two attached hydrogens (primary N) is 1. The first kappa shape index (κ1) is 9.42. The molecule has 0 spiro atoms. The fourth-order valence-corrected chi connectivity index (χ4v) is 1.18. The average molecular weight is 227 g/mol. The van der Waals surface area contributed by atoms with E-state index in [0.29, 0.717) is 6.42 Å². The van der Waals surface area contributed by atoms with Crippen LogP contribution in [0.4, 0.5) is 0 Å². The van der Waals surface area contributed by atoms with Crippen molar-refractivity contribution in [2.75, 3.05) is 0 Å². The van der Waals surface area contributed by atoms with E-state index in [1.54, 1.807) is 6.29 Å². The quantitative estimate of drug-likeness (QED) is 0.848. The maximum Gasteiger partial charge on any atom is 0.217 e. The van der Waals surface area contributed by atoms with Crippen LogP contribution in [0, 0.1) is 0 Å². The molecule has 1 aromatic carbocycles. The molecule has 12 heavy (non-hydrogen) atoms. The molecule has 1 radical (unpaired) electrons. The van der Waals surface area contributed by atoms with Gasteiger partial charge in [-0.25, -0.2) is 0 Å². The molecule has 0 unspecified atom stereocenters. The second kappa shape index (κ2) is 4.38. The van der Waals surface area contributed by atoms with Gasteiger partial charge in [0.25, 0.3) is 0 Å². The Morgan fingerprint density at radius 2 is 2.00 bits per heavy atom. The lowest BCUT2D eigenvalue weighted by molar-refractivity contribution is 0.541. The predicted molar refractivity (Wildman–Crippen MR) is 51.5 cm³/mol. The van der Waals surface area contributed by atoms with Gasteiger partial charge in [-0.2, -0.15) is 0 Å². The van der Waals surface area contributed by atoms with Crippen LogP contribution in [0.1, 0.15) is 5.56 Å². The number of rotatable bonds is 3. The topological polar surface area (TPSA) is 43.1 Å². The summed E-state index contributed by atoms with van der Waals surface area (Å²) in [7, 11) is 0. The molecule has 0 fully saturated rings. The molecule has 0 saturated heterocycles. The molecule has 0 aliphatic rings. The Kier molecular flexibility index (Phi) is 3.44. The van der Waals surface area contributed by atoms with Crippen LogP contribution in [0.5, 0.6) is 0 Å². The second-order valence-corrected chi connectivity index (χ2v) is 3.47. The Bertz CT molecular complexity index is 258. The lowest BCUT2D eigenvalue weighted by atomic mass is 10.1. The summed E-state index contributed by atoms with van der Waals surface area (Å²) in [6.45, 7) is 0. The highest BCUT2D eigenvalue weighted by Crippen LogP contribution is 2.11. The van der Waals surface area contributed by atoms with Crippen molar-refractivity contribution < 1.29 is 4.79 Å². The van der Waals surface area contributed by atoms with Gasteiger partial charge in [0.15, 0.2) is 0 Å². The molecule has 3 heteroatoms. The van der Waals surface area contributed by atoms with E-state index >= 15 is 0 Å². The van der Waals surface area contributed by atoms with E-state index in [1.807, 2.05) is 24.3 Å². The maximum atomic E-state index is 10.1. The summed E-state index contributed by atoms with van der Waals surface area (Å²) in [5.41, 5.74) is 6.46. The zero-order chi connectivity index (χ0) is 8.97. The summed E-state index contributed by atoms with van der Waals surface area (Å²) < 4.78 is 1.02. The highest BCUT2D eigenvalue weighted by atomic mass is 79.9. The van der Waals surface area contributed by atoms with Crippen LogP contribution in [-0.2, 0) is 11.2 Å². The summed E-state index contributed by atoms with van der Waals surface area (Å²) in [4.78, 5) is 10.1. The van der Waals surface area contributed by atoms with Crippen molar-refractivity contribution >= 4 is 22.2 Å². The van der Waals surface area contributed by atoms with Crippen molar-refractivity contribution in [2.45, 2.75) is 12.5 Å². The molecule has 2 nitrogen and oxygen atoms in total. The average Bonchev–Trinajstić information content (AvgIpc) is 2.09. The third kappa shape index (κ3) is 2.75. The smallest absolute Gasteiger partial charge is 0.217 e. The van der Waals surface area contributed by atoms with Crippen molar-refractivity contribution in [1.29, 1.82) is 0 Å². The van der Waals surface area contributed by atoms with Gasteiger partial charge in [0, 0.05) is 4.47 Å². The first-order chi connectivity index (χ1) is 5.72. The number of benzene rings is 1. The Labute approximate surface area is 79.9 Å². The second-order valence-electron chi connectivity index (χ2n) is 2.55. The summed E-state index contributed by atoms with van der Waals surface area (Å²) in [6.07, 6.45) is 2.30. The van der Waals surface area contributed by atoms with Crippen LogP contribution in [0.25, 0.3) is 0 Å². The first-order valence-electron chi connectivity index (χ1n) is 3.60. The van der Waals surface area contributed by atoms with Gasteiger partial charge in [0.05, 0.1) is 6.04 Å². The number of hydrogen-bond donors (Lipinski definition) is 1. The SMILES string of the molecule is N[C@@H]([C]=O)Cc1ccc(Br)cc1. The molecular weight excluding hydrogens is 218 g/mol. The lowest BCUT2D eigenvalue weighted by Gasteiger charge is -2.02. The molecule has 1 rings (SSSR count). The Morgan fingerprint density at radius 3 is 2.50 bits per heavy atom. The zero-order valence-corrected chi connectivity index (χ0v) is 8.04. The van der Waals surface area contributed by atoms with Gasteiger partial charge < -0.3 is 5.73 Å². The Balaban J connectivity index is 2.64. The minimum Gasteiger partial charge on any atom is -0.321 e. The van der Waals surface area contributed by atoms with Gasteiger partial charge in [-0.1, -0.05) is 28.1 Å². The minimum atomic E-state index is -0.508. The van der Waals surface area contributed by atoms with Crippen LogP contribution in [-0.4, -0.2) is 12.3 Å². The van der Waals surface area contributed by atoms with E-state index in [2.05, 4.69) is 15.9 Å². The summed E-state index contributed by atoms with van der Waals surface area (Å²) in [5, 5.41) is 0. The van der Waals surface area contributed by atoms with Crippen molar-refractivity contribution in [3.05, 3.63) is 34.3 Å². The van der Waals surface area contributed by atoms with Crippen molar-refractivity contribution in [1.82, 2.24) is 0 Å². The molecule has 0 aliphatic carbocycles. The summed E-state index contributed by atoms with van der Waals surface area (Å²) in [6, 6.07) is 7.20. The van der Waals surface area contributed by atoms with Crippen LogP contribution in [0.15, 0.2) is 28.7 Å². The molecule has 1 aromatic rings. The van der Waals surface area contributed by atoms with Crippen LogP contribution in [0.3, 0.4) is 0 Å². The number of halogens is 1. The van der Waals surface area contributed by atoms with E-state index in [4.69, 9.17) is 5.73 Å². The normalized spacial score (nSPS) is 12.5. The van der Waals surface area contributed by atoms with E-state index in [0.717, 1.165) is 10.0 Å². The van der Waals surface area contributed by atoms with Gasteiger partial charge in [-0.05, 0) is 24.1 Å². The third-order valence-corrected chi connectivity index (χ3v) is 2.05. The van der Waals surface area contributed by atoms with Crippen LogP contribution >= 0.6 is 15.9 Å². The third-order valence-electron chi connectivity index (χ3n) is 1.52. The molecule has 0 amide bonds. The van der Waals surface area contributed by atoms with E-state index in [-0.39, 0.29) is 0 Å². The number of hydrogen-bond acceptors (Lipinski definition) is 2. The highest BCUT2D eigenvalue weighted by Gasteiger charge is 2.01. The molecule has 2 N–H and O–H groups in total. The van der Waals surface area contributed by atoms with Crippen LogP contribution in [0.2, 0.25) is 0 Å². The van der Waals surface area contributed by atoms with Crippen LogP contribution < -0.4 is 5.73 Å². The molecule has 63 valence electrons. The Hall–Kier alpha value is -0.670. The fraction of sp³-hybridized carbons (Fsp3) is 0.222. The van der Waals surface area contributed by atoms with E-state index in [9.17, 15) is 4.79 Å². The molecule has 0 heterocycles. The molecule has 0 aliphatic heterocycles. The van der Waals surface area contributed by atoms with Gasteiger partial charge in [-0.3, -0.25) is 4.79 Å². The standard InChI is InChI=1S/C9H9BrNO/c10-8-3-1-7(2-4-8)5-9(11)6-12/h1-4,9H,5,11H2/t9-/m1/s1. The molecule has 0 aromatic heterocycles. The lowest BCUT2D eigenvalue weighted by Crippen LogP contribution is -2.23. The molecule has 1 atom stereocenters. The van der Waals surface area contributed by atoms with Crippen molar-refractivity contribution in [2.24, 2.45) is 5.73 Å². The largest absolute Gasteiger partial charge is 0.321 e. The summed E-state index contributed by atoms with van der Waals surface area (Å²) >= 11 is 3.32. The summed E-state index contributed by atoms with van der Waals surface area (Å²) in [5.74, 6) is 0. The van der Waals surface area contributed by atoms with E-state index < -0.39 is 6.04 Å². The molecule has 0 bridgehead atoms. The number of carbonyl (C=O) groups excluding carboxylic acids is 1. The molecule has 0 saturated carbocycles.